The highest BCUT2D eigenvalue weighted by molar-refractivity contribution is 5.83. The topological polar surface area (TPSA) is 41.6 Å². The van der Waals surface area contributed by atoms with Gasteiger partial charge in [-0.05, 0) is 59.7 Å². The van der Waals surface area contributed by atoms with Crippen LogP contribution in [0.5, 0.6) is 5.75 Å². The fraction of sp³-hybridized carbons (Fsp3) is 0.296. The van der Waals surface area contributed by atoms with Gasteiger partial charge in [0.05, 0.1) is 0 Å². The number of benzene rings is 3. The van der Waals surface area contributed by atoms with Crippen molar-refractivity contribution in [3.8, 4) is 16.9 Å². The minimum Gasteiger partial charge on any atom is -0.410 e. The predicted molar refractivity (Wildman–Crippen MR) is 123 cm³/mol. The molecule has 0 fully saturated rings. The second-order valence-electron chi connectivity index (χ2n) is 8.40. The molecule has 4 nitrogen and oxygen atoms in total. The summed E-state index contributed by atoms with van der Waals surface area (Å²) in [5.41, 5.74) is 7.45. The third kappa shape index (κ3) is 3.84. The normalized spacial score (nSPS) is 16.9. The van der Waals surface area contributed by atoms with Crippen molar-refractivity contribution in [2.75, 3.05) is 13.1 Å². The molecule has 31 heavy (non-hydrogen) atoms. The predicted octanol–water partition coefficient (Wildman–Crippen LogP) is 5.51. The Kier molecular flexibility index (Phi) is 5.47. The van der Waals surface area contributed by atoms with Crippen LogP contribution in [0.1, 0.15) is 41.6 Å². The van der Waals surface area contributed by atoms with Gasteiger partial charge in [0, 0.05) is 24.7 Å². The molecule has 158 valence electrons. The lowest BCUT2D eigenvalue weighted by Gasteiger charge is -2.41. The summed E-state index contributed by atoms with van der Waals surface area (Å²) in [5, 5.41) is 2.88. The van der Waals surface area contributed by atoms with Gasteiger partial charge in [-0.1, -0.05) is 67.6 Å². The van der Waals surface area contributed by atoms with Gasteiger partial charge >= 0.3 is 6.09 Å². The van der Waals surface area contributed by atoms with Crippen LogP contribution in [-0.2, 0) is 19.4 Å². The third-order valence-electron chi connectivity index (χ3n) is 6.43. The number of ether oxygens (including phenoxy) is 1. The Labute approximate surface area is 183 Å². The third-order valence-corrected chi connectivity index (χ3v) is 6.43. The van der Waals surface area contributed by atoms with E-state index in [1.807, 2.05) is 42.5 Å². The first-order valence-corrected chi connectivity index (χ1v) is 11.2. The molecule has 2 aliphatic rings. The SMILES string of the molecule is CCCN1CCc2cccc3c2C1Cc1cccc(OC(=O)NCc2ccccc2)c1-3. The smallest absolute Gasteiger partial charge is 0.410 e. The fourth-order valence-electron chi connectivity index (χ4n) is 5.08. The van der Waals surface area contributed by atoms with E-state index in [2.05, 4.69) is 41.4 Å². The van der Waals surface area contributed by atoms with Gasteiger partial charge in [-0.15, -0.1) is 0 Å². The van der Waals surface area contributed by atoms with Crippen LogP contribution in [-0.4, -0.2) is 24.1 Å². The molecule has 0 bridgehead atoms. The van der Waals surface area contributed by atoms with Gasteiger partial charge in [0.1, 0.15) is 5.75 Å². The van der Waals surface area contributed by atoms with Crippen molar-refractivity contribution in [2.45, 2.75) is 38.8 Å². The highest BCUT2D eigenvalue weighted by Gasteiger charge is 2.35. The van der Waals surface area contributed by atoms with E-state index in [9.17, 15) is 4.79 Å². The molecule has 1 aliphatic heterocycles. The largest absolute Gasteiger partial charge is 0.412 e. The van der Waals surface area contributed by atoms with Gasteiger partial charge < -0.3 is 10.1 Å². The Bertz CT molecular complexity index is 1090. The van der Waals surface area contributed by atoms with Gasteiger partial charge in [0.25, 0.3) is 0 Å². The summed E-state index contributed by atoms with van der Waals surface area (Å²) in [6, 6.07) is 23.0. The molecule has 1 N–H and O–H groups in total. The Morgan fingerprint density at radius 3 is 2.68 bits per heavy atom. The molecular formula is C27H28N2O2. The van der Waals surface area contributed by atoms with Crippen LogP contribution >= 0.6 is 0 Å². The lowest BCUT2D eigenvalue weighted by molar-refractivity contribution is 0.182. The average molecular weight is 413 g/mol. The monoisotopic (exact) mass is 412 g/mol. The van der Waals surface area contributed by atoms with Crippen LogP contribution in [0.4, 0.5) is 4.79 Å². The summed E-state index contributed by atoms with van der Waals surface area (Å²) in [7, 11) is 0. The van der Waals surface area contributed by atoms with E-state index in [1.54, 1.807) is 0 Å². The number of carbonyl (C=O) groups excluding carboxylic acids is 1. The number of fused-ring (bicyclic) bond motifs is 2. The van der Waals surface area contributed by atoms with Crippen molar-refractivity contribution in [2.24, 2.45) is 0 Å². The van der Waals surface area contributed by atoms with E-state index >= 15 is 0 Å². The molecule has 3 aromatic rings. The van der Waals surface area contributed by atoms with Crippen LogP contribution in [0.2, 0.25) is 0 Å². The molecule has 4 heteroatoms. The maximum atomic E-state index is 12.6. The van der Waals surface area contributed by atoms with Crippen LogP contribution in [0, 0.1) is 0 Å². The highest BCUT2D eigenvalue weighted by Crippen LogP contribution is 2.48. The van der Waals surface area contributed by atoms with E-state index < -0.39 is 6.09 Å². The molecule has 1 amide bonds. The van der Waals surface area contributed by atoms with Gasteiger partial charge in [-0.2, -0.15) is 0 Å². The van der Waals surface area contributed by atoms with Crippen molar-refractivity contribution in [3.05, 3.63) is 89.0 Å². The standard InChI is InChI=1S/C27H28N2O2/c1-2-15-29-16-14-20-10-6-12-22-25(20)23(29)17-21-11-7-13-24(26(21)22)31-27(30)28-18-19-8-4-3-5-9-19/h3-13,23H,2,14-18H2,1H3,(H,28,30). The molecule has 0 saturated carbocycles. The molecule has 1 aliphatic carbocycles. The fourth-order valence-corrected chi connectivity index (χ4v) is 5.08. The Morgan fingerprint density at radius 2 is 1.84 bits per heavy atom. The number of nitrogens with zero attached hydrogens (tertiary/aromatic N) is 1. The minimum absolute atomic E-state index is 0.412. The summed E-state index contributed by atoms with van der Waals surface area (Å²) >= 11 is 0. The molecule has 1 atom stereocenters. The summed E-state index contributed by atoms with van der Waals surface area (Å²) in [6.07, 6.45) is 2.78. The number of amides is 1. The van der Waals surface area contributed by atoms with Crippen molar-refractivity contribution < 1.29 is 9.53 Å². The van der Waals surface area contributed by atoms with Crippen molar-refractivity contribution >= 4 is 6.09 Å². The molecule has 0 radical (unpaired) electrons. The maximum Gasteiger partial charge on any atom is 0.412 e. The first kappa shape index (κ1) is 19.8. The molecule has 1 unspecified atom stereocenters. The number of rotatable bonds is 5. The number of nitrogens with one attached hydrogen (secondary N) is 1. The zero-order valence-corrected chi connectivity index (χ0v) is 17.9. The van der Waals surface area contributed by atoms with E-state index in [0.717, 1.165) is 43.5 Å². The van der Waals surface area contributed by atoms with Gasteiger partial charge in [0.2, 0.25) is 0 Å². The summed E-state index contributed by atoms with van der Waals surface area (Å²) in [6.45, 7) is 4.93. The van der Waals surface area contributed by atoms with Crippen LogP contribution in [0.3, 0.4) is 0 Å². The van der Waals surface area contributed by atoms with Crippen molar-refractivity contribution in [3.63, 3.8) is 0 Å². The molecule has 0 saturated heterocycles. The van der Waals surface area contributed by atoms with Gasteiger partial charge in [-0.3, -0.25) is 4.90 Å². The van der Waals surface area contributed by atoms with E-state index in [0.29, 0.717) is 18.3 Å². The maximum absolute atomic E-state index is 12.6. The zero-order valence-electron chi connectivity index (χ0n) is 17.9. The van der Waals surface area contributed by atoms with Gasteiger partial charge in [0.15, 0.2) is 0 Å². The quantitative estimate of drug-likeness (QED) is 0.601. The molecule has 0 aromatic heterocycles. The van der Waals surface area contributed by atoms with E-state index in [-0.39, 0.29) is 0 Å². The highest BCUT2D eigenvalue weighted by atomic mass is 16.6. The first-order chi connectivity index (χ1) is 15.2. The van der Waals surface area contributed by atoms with E-state index in [4.69, 9.17) is 4.74 Å². The Morgan fingerprint density at radius 1 is 1.03 bits per heavy atom. The number of hydrogen-bond acceptors (Lipinski definition) is 3. The van der Waals surface area contributed by atoms with Crippen molar-refractivity contribution in [1.29, 1.82) is 0 Å². The first-order valence-electron chi connectivity index (χ1n) is 11.2. The van der Waals surface area contributed by atoms with Crippen molar-refractivity contribution in [1.82, 2.24) is 10.2 Å². The molecule has 5 rings (SSSR count). The summed E-state index contributed by atoms with van der Waals surface area (Å²) in [4.78, 5) is 15.2. The average Bonchev–Trinajstić information content (AvgIpc) is 2.80. The number of hydrogen-bond donors (Lipinski definition) is 1. The van der Waals surface area contributed by atoms with E-state index in [1.165, 1.54) is 22.3 Å². The lowest BCUT2D eigenvalue weighted by atomic mass is 9.77. The summed E-state index contributed by atoms with van der Waals surface area (Å²) in [5.74, 6) is 0.641. The minimum atomic E-state index is -0.420. The lowest BCUT2D eigenvalue weighted by Crippen LogP contribution is -2.39. The molecule has 3 aromatic carbocycles. The summed E-state index contributed by atoms with van der Waals surface area (Å²) < 4.78 is 5.83. The molecular weight excluding hydrogens is 384 g/mol. The molecule has 0 spiro atoms. The van der Waals surface area contributed by atoms with Crippen LogP contribution in [0.15, 0.2) is 66.7 Å². The number of carbonyl (C=O) groups is 1. The second kappa shape index (κ2) is 8.56. The zero-order chi connectivity index (χ0) is 21.2. The van der Waals surface area contributed by atoms with Crippen LogP contribution < -0.4 is 10.1 Å². The molecule has 1 heterocycles. The second-order valence-corrected chi connectivity index (χ2v) is 8.40. The van der Waals surface area contributed by atoms with Crippen LogP contribution in [0.25, 0.3) is 11.1 Å². The Balaban J connectivity index is 1.44. The van der Waals surface area contributed by atoms with Gasteiger partial charge in [-0.25, -0.2) is 4.79 Å². The Hall–Kier alpha value is -3.11.